The molecule has 5 rings (SSSR count). The highest BCUT2D eigenvalue weighted by Crippen LogP contribution is 2.41. The van der Waals surface area contributed by atoms with Gasteiger partial charge in [-0.3, -0.25) is 9.69 Å². The number of carboxylic acids is 1. The molecule has 2 fully saturated rings. The minimum absolute atomic E-state index is 0.0265. The maximum Gasteiger partial charge on any atom is 0.416 e. The van der Waals surface area contributed by atoms with Crippen LogP contribution in [0.15, 0.2) is 48.7 Å². The maximum absolute atomic E-state index is 13.6. The summed E-state index contributed by atoms with van der Waals surface area (Å²) in [6, 6.07) is 6.80. The number of carboxylic acid groups (broad SMARTS) is 1. The van der Waals surface area contributed by atoms with E-state index in [1.54, 1.807) is 30.5 Å². The number of hydrogen-bond donors (Lipinski definition) is 1. The summed E-state index contributed by atoms with van der Waals surface area (Å²) < 4.78 is 87.2. The van der Waals surface area contributed by atoms with Gasteiger partial charge in [0.2, 0.25) is 0 Å². The Balaban J connectivity index is 1.47. The molecule has 2 aliphatic rings. The predicted octanol–water partition coefficient (Wildman–Crippen LogP) is 8.92. The molecule has 266 valence electrons. The number of aromatic nitrogens is 2. The van der Waals surface area contributed by atoms with Gasteiger partial charge in [0.1, 0.15) is 11.8 Å². The monoisotopic (exact) mass is 703 g/mol. The normalized spacial score (nSPS) is 21.1. The zero-order valence-electron chi connectivity index (χ0n) is 27.3. The summed E-state index contributed by atoms with van der Waals surface area (Å²) >= 11 is 0. The summed E-state index contributed by atoms with van der Waals surface area (Å²) in [6.07, 6.45) is -7.64. The van der Waals surface area contributed by atoms with Gasteiger partial charge in [-0.25, -0.2) is 19.6 Å². The summed E-state index contributed by atoms with van der Waals surface area (Å²) in [5.74, 6) is -0.0247. The fourth-order valence-electron chi connectivity index (χ4n) is 6.64. The third-order valence-corrected chi connectivity index (χ3v) is 9.35. The Morgan fingerprint density at radius 3 is 2.16 bits per heavy atom. The van der Waals surface area contributed by atoms with Crippen LogP contribution in [0.1, 0.15) is 74.4 Å². The van der Waals surface area contributed by atoms with Crippen LogP contribution in [-0.2, 0) is 28.4 Å². The molecule has 1 aliphatic carbocycles. The molecule has 0 spiro atoms. The Labute approximate surface area is 284 Å². The highest BCUT2D eigenvalue weighted by molar-refractivity contribution is 5.72. The zero-order valence-corrected chi connectivity index (χ0v) is 27.3. The number of alkyl halides is 6. The van der Waals surface area contributed by atoms with Crippen molar-refractivity contribution < 1.29 is 45.8 Å². The van der Waals surface area contributed by atoms with Gasteiger partial charge in [0.25, 0.3) is 0 Å². The van der Waals surface area contributed by atoms with E-state index in [9.17, 15) is 41.0 Å². The van der Waals surface area contributed by atoms with E-state index < -0.39 is 53.3 Å². The Morgan fingerprint density at radius 2 is 1.62 bits per heavy atom. The maximum atomic E-state index is 13.6. The van der Waals surface area contributed by atoms with Crippen LogP contribution >= 0.6 is 0 Å². The highest BCUT2D eigenvalue weighted by atomic mass is 19.4. The van der Waals surface area contributed by atoms with Gasteiger partial charge in [-0.15, -0.1) is 0 Å². The van der Waals surface area contributed by atoms with Crippen molar-refractivity contribution in [2.24, 2.45) is 11.8 Å². The van der Waals surface area contributed by atoms with Crippen LogP contribution in [0.3, 0.4) is 0 Å². The molecule has 2 aromatic carbocycles. The van der Waals surface area contributed by atoms with E-state index in [0.717, 1.165) is 25.7 Å². The lowest BCUT2D eigenvalue weighted by Crippen LogP contribution is -2.36. The third kappa shape index (κ3) is 8.28. The quantitative estimate of drug-likeness (QED) is 0.166. The lowest BCUT2D eigenvalue weighted by Gasteiger charge is -2.33. The van der Waals surface area contributed by atoms with Crippen molar-refractivity contribution >= 4 is 23.6 Å². The lowest BCUT2D eigenvalue weighted by molar-refractivity contribution is -0.143. The molecule has 1 saturated heterocycles. The molecule has 3 aromatic rings. The number of rotatable bonds is 10. The number of anilines is 1. The number of ether oxygens (including phenoxy) is 1. The highest BCUT2D eigenvalue weighted by Gasteiger charge is 2.44. The van der Waals surface area contributed by atoms with Gasteiger partial charge in [0.05, 0.1) is 42.2 Å². The minimum Gasteiger partial charge on any atom is -0.481 e. The molecule has 1 aliphatic heterocycles. The number of halogens is 6. The standard InChI is InChI=1S/C35H35F6N5O4/c1-4-45(18-22-7-5-21(6-8-22)13-30(47)48)32-29(44-28(17-43-32)23-9-11-27(42-3)12-10-23)19-46-20(2)31(50-33(46)49)24-14-25(34(36,37)38)16-26(15-24)35(39,40)41/h9-12,14-17,20-22,31H,4-8,13,18-19H2,1-2H3,(H,47,48)/t20-,21?,22?,31?/m0/s1. The molecule has 0 radical (unpaired) electrons. The minimum atomic E-state index is -5.07. The SMILES string of the molecule is [C-]#[N+]c1ccc(-c2cnc(N(CC)CC3CCC(CC(=O)O)CC3)c(CN3C(=O)OC(c4cc(C(F)(F)F)cc(C(F)(F)F)c4)[C@@H]3C)n2)cc1. The number of carbonyl (C=O) groups is 2. The lowest BCUT2D eigenvalue weighted by atomic mass is 9.80. The molecule has 1 N–H and O–H groups in total. The van der Waals surface area contributed by atoms with Crippen LogP contribution in [0, 0.1) is 18.4 Å². The number of hydrogen-bond acceptors (Lipinski definition) is 6. The van der Waals surface area contributed by atoms with Crippen molar-refractivity contribution in [2.75, 3.05) is 18.0 Å². The fourth-order valence-corrected chi connectivity index (χ4v) is 6.64. The van der Waals surface area contributed by atoms with E-state index in [2.05, 4.69) is 4.85 Å². The Morgan fingerprint density at radius 1 is 1.02 bits per heavy atom. The van der Waals surface area contributed by atoms with Crippen molar-refractivity contribution in [3.8, 4) is 11.3 Å². The molecule has 1 aromatic heterocycles. The number of aliphatic carboxylic acids is 1. The van der Waals surface area contributed by atoms with Crippen molar-refractivity contribution in [1.82, 2.24) is 14.9 Å². The predicted molar refractivity (Wildman–Crippen MR) is 170 cm³/mol. The first-order valence-corrected chi connectivity index (χ1v) is 16.1. The molecule has 50 heavy (non-hydrogen) atoms. The molecule has 0 bridgehead atoms. The summed E-state index contributed by atoms with van der Waals surface area (Å²) in [7, 11) is 0. The summed E-state index contributed by atoms with van der Waals surface area (Å²) in [6.45, 7) is 11.5. The van der Waals surface area contributed by atoms with Crippen LogP contribution in [0.2, 0.25) is 0 Å². The Kier molecular flexibility index (Phi) is 10.6. The summed E-state index contributed by atoms with van der Waals surface area (Å²) in [5.41, 5.74) is -1.65. The molecule has 1 unspecified atom stereocenters. The molecule has 15 heteroatoms. The zero-order chi connectivity index (χ0) is 36.4. The largest absolute Gasteiger partial charge is 0.481 e. The fraction of sp³-hybridized carbons (Fsp3) is 0.457. The van der Waals surface area contributed by atoms with Crippen molar-refractivity contribution in [2.45, 2.75) is 77.0 Å². The Bertz CT molecular complexity index is 1720. The van der Waals surface area contributed by atoms with Gasteiger partial charge >= 0.3 is 24.4 Å². The molecule has 1 saturated carbocycles. The van der Waals surface area contributed by atoms with Crippen molar-refractivity contribution in [3.63, 3.8) is 0 Å². The van der Waals surface area contributed by atoms with Gasteiger partial charge in [-0.05, 0) is 80.7 Å². The number of cyclic esters (lactones) is 1. The summed E-state index contributed by atoms with van der Waals surface area (Å²) in [4.78, 5) is 40.6. The second-order valence-corrected chi connectivity index (χ2v) is 12.7. The molecule has 1 amide bonds. The molecule has 2 atom stereocenters. The number of nitrogens with zero attached hydrogens (tertiary/aromatic N) is 5. The van der Waals surface area contributed by atoms with E-state index in [1.165, 1.54) is 11.8 Å². The van der Waals surface area contributed by atoms with Crippen LogP contribution in [-0.4, -0.2) is 51.2 Å². The first-order chi connectivity index (χ1) is 23.6. The number of amides is 1. The van der Waals surface area contributed by atoms with Crippen LogP contribution in [0.25, 0.3) is 16.1 Å². The molecular weight excluding hydrogens is 668 g/mol. The van der Waals surface area contributed by atoms with Crippen LogP contribution in [0.5, 0.6) is 0 Å². The first-order valence-electron chi connectivity index (χ1n) is 16.1. The van der Waals surface area contributed by atoms with Gasteiger partial charge < -0.3 is 14.7 Å². The van der Waals surface area contributed by atoms with E-state index in [-0.39, 0.29) is 30.9 Å². The van der Waals surface area contributed by atoms with Crippen LogP contribution in [0.4, 0.5) is 42.6 Å². The van der Waals surface area contributed by atoms with Gasteiger partial charge in [-0.1, -0.05) is 24.3 Å². The second-order valence-electron chi connectivity index (χ2n) is 12.7. The van der Waals surface area contributed by atoms with Gasteiger partial charge in [-0.2, -0.15) is 26.3 Å². The van der Waals surface area contributed by atoms with E-state index in [1.807, 2.05) is 11.8 Å². The van der Waals surface area contributed by atoms with E-state index in [4.69, 9.17) is 21.3 Å². The van der Waals surface area contributed by atoms with Crippen LogP contribution < -0.4 is 4.90 Å². The van der Waals surface area contributed by atoms with Crippen molar-refractivity contribution in [1.29, 1.82) is 0 Å². The summed E-state index contributed by atoms with van der Waals surface area (Å²) in [5, 5.41) is 9.19. The third-order valence-electron chi connectivity index (χ3n) is 9.35. The second kappa shape index (κ2) is 14.5. The van der Waals surface area contributed by atoms with E-state index in [0.29, 0.717) is 53.7 Å². The average Bonchev–Trinajstić information content (AvgIpc) is 3.35. The first kappa shape index (κ1) is 36.4. The molecule has 2 heterocycles. The topological polar surface area (TPSA) is 100 Å². The van der Waals surface area contributed by atoms with Crippen molar-refractivity contribution in [3.05, 3.63) is 82.5 Å². The molecule has 9 nitrogen and oxygen atoms in total. The smallest absolute Gasteiger partial charge is 0.416 e. The van der Waals surface area contributed by atoms with E-state index >= 15 is 0 Å². The average molecular weight is 704 g/mol. The number of carbonyl (C=O) groups excluding carboxylic acids is 1. The molecular formula is C35H35F6N5O4. The Hall–Kier alpha value is -4.87. The van der Waals surface area contributed by atoms with Gasteiger partial charge in [0, 0.05) is 19.5 Å². The number of benzene rings is 2. The van der Waals surface area contributed by atoms with Gasteiger partial charge in [0.15, 0.2) is 11.5 Å².